The number of hydrogen-bond donors (Lipinski definition) is 2. The molecule has 2 fully saturated rings. The average molecular weight is 303 g/mol. The number of anilines is 1. The van der Waals surface area contributed by atoms with Crippen molar-refractivity contribution >= 4 is 17.3 Å². The highest BCUT2D eigenvalue weighted by Crippen LogP contribution is 2.33. The number of nitrogens with zero attached hydrogens (tertiary/aromatic N) is 1. The maximum Gasteiger partial charge on any atom is 0.274 e. The summed E-state index contributed by atoms with van der Waals surface area (Å²) in [5.74, 6) is 0.368. The molecule has 0 aliphatic carbocycles. The van der Waals surface area contributed by atoms with Crippen molar-refractivity contribution in [2.24, 2.45) is 5.92 Å². The lowest BCUT2D eigenvalue weighted by atomic mass is 9.89. The first-order valence-electron chi connectivity index (χ1n) is 7.83. The van der Waals surface area contributed by atoms with E-state index in [0.717, 1.165) is 12.8 Å². The van der Waals surface area contributed by atoms with E-state index in [4.69, 9.17) is 0 Å². The van der Waals surface area contributed by atoms with Crippen molar-refractivity contribution in [3.8, 4) is 0 Å². The van der Waals surface area contributed by atoms with Gasteiger partial charge in [0.15, 0.2) is 0 Å². The van der Waals surface area contributed by atoms with Gasteiger partial charge in [-0.25, -0.2) is 0 Å². The zero-order chi connectivity index (χ0) is 15.7. The van der Waals surface area contributed by atoms with Gasteiger partial charge in [0.05, 0.1) is 16.2 Å². The zero-order valence-electron chi connectivity index (χ0n) is 12.7. The van der Waals surface area contributed by atoms with Crippen LogP contribution < -0.4 is 10.6 Å². The molecule has 22 heavy (non-hydrogen) atoms. The highest BCUT2D eigenvalue weighted by molar-refractivity contribution is 5.92. The van der Waals surface area contributed by atoms with Crippen molar-refractivity contribution in [3.63, 3.8) is 0 Å². The second kappa shape index (κ2) is 6.04. The minimum atomic E-state index is -0.421. The molecule has 2 saturated heterocycles. The summed E-state index contributed by atoms with van der Waals surface area (Å²) in [7, 11) is 0. The van der Waals surface area contributed by atoms with Crippen molar-refractivity contribution in [2.45, 2.75) is 51.1 Å². The first-order chi connectivity index (χ1) is 10.5. The van der Waals surface area contributed by atoms with Gasteiger partial charge < -0.3 is 10.6 Å². The monoisotopic (exact) mass is 303 g/mol. The van der Waals surface area contributed by atoms with Crippen LogP contribution in [0.5, 0.6) is 0 Å². The van der Waals surface area contributed by atoms with Gasteiger partial charge in [-0.2, -0.15) is 0 Å². The third kappa shape index (κ3) is 3.11. The number of rotatable bonds is 4. The molecule has 2 aliphatic heterocycles. The minimum Gasteiger partial charge on any atom is -0.326 e. The summed E-state index contributed by atoms with van der Waals surface area (Å²) in [6.45, 7) is 1.67. The van der Waals surface area contributed by atoms with Crippen molar-refractivity contribution in [1.82, 2.24) is 5.32 Å². The fourth-order valence-corrected chi connectivity index (χ4v) is 3.76. The molecule has 0 saturated carbocycles. The van der Waals surface area contributed by atoms with Crippen LogP contribution in [-0.2, 0) is 4.79 Å². The second-order valence-electron chi connectivity index (χ2n) is 6.43. The van der Waals surface area contributed by atoms with E-state index < -0.39 is 4.92 Å². The largest absolute Gasteiger partial charge is 0.326 e. The Bertz CT molecular complexity index is 590. The number of amides is 1. The van der Waals surface area contributed by atoms with Gasteiger partial charge in [0, 0.05) is 24.6 Å². The summed E-state index contributed by atoms with van der Waals surface area (Å²) < 4.78 is 0. The van der Waals surface area contributed by atoms with Gasteiger partial charge in [-0.15, -0.1) is 0 Å². The summed E-state index contributed by atoms with van der Waals surface area (Å²) >= 11 is 0. The number of hydrogen-bond acceptors (Lipinski definition) is 4. The number of carbonyl (C=O) groups is 1. The SMILES string of the molecule is Cc1c(NC(=O)CC2CC3CCC(C2)N3)cccc1[N+](=O)[O-]. The number of benzene rings is 1. The van der Waals surface area contributed by atoms with Crippen LogP contribution >= 0.6 is 0 Å². The van der Waals surface area contributed by atoms with Gasteiger partial charge in [-0.3, -0.25) is 14.9 Å². The van der Waals surface area contributed by atoms with Crippen LogP contribution in [0, 0.1) is 23.0 Å². The number of carbonyl (C=O) groups excluding carboxylic acids is 1. The van der Waals surface area contributed by atoms with E-state index in [1.165, 1.54) is 18.9 Å². The number of nitro groups is 1. The van der Waals surface area contributed by atoms with Gasteiger partial charge in [0.2, 0.25) is 5.91 Å². The smallest absolute Gasteiger partial charge is 0.274 e. The fraction of sp³-hybridized carbons (Fsp3) is 0.562. The molecule has 0 aromatic heterocycles. The predicted octanol–water partition coefficient (Wildman–Crippen LogP) is 2.76. The summed E-state index contributed by atoms with van der Waals surface area (Å²) in [5, 5.41) is 17.3. The van der Waals surface area contributed by atoms with E-state index in [1.807, 2.05) is 0 Å². The molecule has 2 unspecified atom stereocenters. The quantitative estimate of drug-likeness (QED) is 0.661. The topological polar surface area (TPSA) is 84.3 Å². The van der Waals surface area contributed by atoms with E-state index in [-0.39, 0.29) is 11.6 Å². The highest BCUT2D eigenvalue weighted by atomic mass is 16.6. The third-order valence-electron chi connectivity index (χ3n) is 4.82. The third-order valence-corrected chi connectivity index (χ3v) is 4.82. The lowest BCUT2D eigenvalue weighted by Gasteiger charge is -2.28. The van der Waals surface area contributed by atoms with Crippen LogP contribution in [0.25, 0.3) is 0 Å². The molecule has 2 bridgehead atoms. The molecule has 1 aromatic rings. The molecular weight excluding hydrogens is 282 g/mol. The number of fused-ring (bicyclic) bond motifs is 2. The molecule has 0 spiro atoms. The lowest BCUT2D eigenvalue weighted by molar-refractivity contribution is -0.385. The second-order valence-corrected chi connectivity index (χ2v) is 6.43. The van der Waals surface area contributed by atoms with Crippen LogP contribution in [0.15, 0.2) is 18.2 Å². The van der Waals surface area contributed by atoms with Crippen LogP contribution in [0.2, 0.25) is 0 Å². The molecule has 1 amide bonds. The molecule has 0 radical (unpaired) electrons. The molecule has 2 aliphatic rings. The molecule has 2 N–H and O–H groups in total. The molecule has 6 nitrogen and oxygen atoms in total. The van der Waals surface area contributed by atoms with Gasteiger partial charge >= 0.3 is 0 Å². The Kier molecular flexibility index (Phi) is 4.11. The molecule has 3 rings (SSSR count). The van der Waals surface area contributed by atoms with E-state index >= 15 is 0 Å². The van der Waals surface area contributed by atoms with E-state index in [0.29, 0.717) is 35.7 Å². The molecule has 2 atom stereocenters. The lowest BCUT2D eigenvalue weighted by Crippen LogP contribution is -2.39. The Morgan fingerprint density at radius 2 is 2.05 bits per heavy atom. The minimum absolute atomic E-state index is 0.0395. The molecule has 118 valence electrons. The molecule has 1 aromatic carbocycles. The maximum absolute atomic E-state index is 12.2. The van der Waals surface area contributed by atoms with Gasteiger partial charge in [0.25, 0.3) is 5.69 Å². The molecule has 2 heterocycles. The van der Waals surface area contributed by atoms with Gasteiger partial charge in [-0.05, 0) is 44.6 Å². The van der Waals surface area contributed by atoms with Crippen molar-refractivity contribution in [2.75, 3.05) is 5.32 Å². The zero-order valence-corrected chi connectivity index (χ0v) is 12.7. The number of nitro benzene ring substituents is 1. The Labute approximate surface area is 129 Å². The standard InChI is InChI=1S/C16H21N3O3/c1-10-14(3-2-4-15(10)19(21)22)18-16(20)9-11-7-12-5-6-13(8-11)17-12/h2-4,11-13,17H,5-9H2,1H3,(H,18,20). The number of nitrogens with one attached hydrogen (secondary N) is 2. The first-order valence-corrected chi connectivity index (χ1v) is 7.83. The Morgan fingerprint density at radius 1 is 1.36 bits per heavy atom. The van der Waals surface area contributed by atoms with Crippen molar-refractivity contribution in [1.29, 1.82) is 0 Å². The average Bonchev–Trinajstić information content (AvgIpc) is 2.80. The van der Waals surface area contributed by atoms with E-state index in [1.54, 1.807) is 19.1 Å². The Morgan fingerprint density at radius 3 is 2.68 bits per heavy atom. The van der Waals surface area contributed by atoms with Crippen LogP contribution in [0.4, 0.5) is 11.4 Å². The normalized spacial score (nSPS) is 26.7. The van der Waals surface area contributed by atoms with Gasteiger partial charge in [-0.1, -0.05) is 6.07 Å². The van der Waals surface area contributed by atoms with Crippen molar-refractivity contribution in [3.05, 3.63) is 33.9 Å². The van der Waals surface area contributed by atoms with Crippen LogP contribution in [-0.4, -0.2) is 22.9 Å². The van der Waals surface area contributed by atoms with Crippen LogP contribution in [0.3, 0.4) is 0 Å². The summed E-state index contributed by atoms with van der Waals surface area (Å²) in [5.41, 5.74) is 1.08. The fourth-order valence-electron chi connectivity index (χ4n) is 3.76. The van der Waals surface area contributed by atoms with Crippen molar-refractivity contribution < 1.29 is 9.72 Å². The maximum atomic E-state index is 12.2. The summed E-state index contributed by atoms with van der Waals surface area (Å²) in [4.78, 5) is 22.8. The highest BCUT2D eigenvalue weighted by Gasteiger charge is 2.34. The van der Waals surface area contributed by atoms with Gasteiger partial charge in [0.1, 0.15) is 0 Å². The van der Waals surface area contributed by atoms with E-state index in [2.05, 4.69) is 10.6 Å². The summed E-state index contributed by atoms with van der Waals surface area (Å²) in [6.07, 6.45) is 5.03. The van der Waals surface area contributed by atoms with E-state index in [9.17, 15) is 14.9 Å². The Hall–Kier alpha value is -1.95. The van der Waals surface area contributed by atoms with Crippen LogP contribution in [0.1, 0.15) is 37.7 Å². The first kappa shape index (κ1) is 15.0. The molecular formula is C16H21N3O3. The Balaban J connectivity index is 1.62. The number of piperidine rings is 1. The predicted molar refractivity (Wildman–Crippen MR) is 83.7 cm³/mol. The summed E-state index contributed by atoms with van der Waals surface area (Å²) in [6, 6.07) is 5.90. The molecule has 6 heteroatoms.